The van der Waals surface area contributed by atoms with Crippen molar-refractivity contribution in [3.05, 3.63) is 112 Å². The molecule has 262 valence electrons. The summed E-state index contributed by atoms with van der Waals surface area (Å²) < 4.78 is 36.7. The highest BCUT2D eigenvalue weighted by Gasteiger charge is 2.34. The fourth-order valence-electron chi connectivity index (χ4n) is 5.28. The van der Waals surface area contributed by atoms with Gasteiger partial charge < -0.3 is 28.4 Å². The molecule has 4 aromatic rings. The highest BCUT2D eigenvalue weighted by molar-refractivity contribution is 14.1. The molecule has 0 amide bonds. The molecule has 0 aliphatic carbocycles. The molecule has 1 atom stereocenters. The number of thiazole rings is 1. The fourth-order valence-corrected chi connectivity index (χ4v) is 6.69. The number of aromatic nitrogens is 1. The number of methoxy groups -OCH3 is 1. The van der Waals surface area contributed by atoms with Crippen LogP contribution in [0.3, 0.4) is 0 Å². The predicted molar refractivity (Wildman–Crippen MR) is 197 cm³/mol. The molecule has 0 radical (unpaired) electrons. The number of rotatable bonds is 14. The van der Waals surface area contributed by atoms with Crippen molar-refractivity contribution in [3.63, 3.8) is 0 Å². The van der Waals surface area contributed by atoms with E-state index in [1.54, 1.807) is 38.1 Å². The van der Waals surface area contributed by atoms with Crippen LogP contribution in [-0.4, -0.2) is 50.0 Å². The first-order chi connectivity index (χ1) is 24.2. The normalized spacial score (nSPS) is 14.0. The average Bonchev–Trinajstić information content (AvgIpc) is 3.41. The fraction of sp³-hybridized carbons (Fsp3) is 0.297. The van der Waals surface area contributed by atoms with Gasteiger partial charge in [-0.05, 0) is 109 Å². The number of nitrogens with zero attached hydrogens (tertiary/aromatic N) is 2. The summed E-state index contributed by atoms with van der Waals surface area (Å²) in [5.41, 5.74) is 2.64. The van der Waals surface area contributed by atoms with E-state index in [4.69, 9.17) is 28.4 Å². The van der Waals surface area contributed by atoms with Crippen molar-refractivity contribution in [2.45, 2.75) is 40.3 Å². The van der Waals surface area contributed by atoms with Crippen LogP contribution in [0.4, 0.5) is 0 Å². The lowest BCUT2D eigenvalue weighted by Crippen LogP contribution is -2.40. The Kier molecular flexibility index (Phi) is 12.4. The topological polar surface area (TPSA) is 124 Å². The molecule has 3 aromatic carbocycles. The molecule has 2 heterocycles. The number of ether oxygens (including phenoxy) is 6. The summed E-state index contributed by atoms with van der Waals surface area (Å²) in [5, 5.41) is 0. The molecular weight excluding hydrogens is 775 g/mol. The first kappa shape index (κ1) is 36.6. The van der Waals surface area contributed by atoms with Gasteiger partial charge in [-0.1, -0.05) is 35.6 Å². The lowest BCUT2D eigenvalue weighted by molar-refractivity contribution is -0.143. The molecular formula is C37H37IN2O9S. The van der Waals surface area contributed by atoms with Crippen LogP contribution < -0.4 is 33.8 Å². The minimum absolute atomic E-state index is 0.143. The van der Waals surface area contributed by atoms with Gasteiger partial charge in [-0.3, -0.25) is 9.36 Å². The predicted octanol–water partition coefficient (Wildman–Crippen LogP) is 5.33. The van der Waals surface area contributed by atoms with Crippen LogP contribution >= 0.6 is 33.9 Å². The maximum absolute atomic E-state index is 14.2. The van der Waals surface area contributed by atoms with E-state index < -0.39 is 18.0 Å². The van der Waals surface area contributed by atoms with Crippen molar-refractivity contribution in [1.82, 2.24) is 4.57 Å². The summed E-state index contributed by atoms with van der Waals surface area (Å²) >= 11 is 3.47. The summed E-state index contributed by atoms with van der Waals surface area (Å²) in [7, 11) is 1.27. The smallest absolute Gasteiger partial charge is 0.343 e. The summed E-state index contributed by atoms with van der Waals surface area (Å²) in [6.45, 7) is 8.08. The third kappa shape index (κ3) is 8.38. The van der Waals surface area contributed by atoms with Crippen LogP contribution in [0.15, 0.2) is 81.7 Å². The Morgan fingerprint density at radius 2 is 1.56 bits per heavy atom. The molecule has 11 nitrogen and oxygen atoms in total. The lowest BCUT2D eigenvalue weighted by atomic mass is 9.95. The third-order valence-electron chi connectivity index (χ3n) is 7.55. The van der Waals surface area contributed by atoms with Gasteiger partial charge in [0.1, 0.15) is 6.61 Å². The van der Waals surface area contributed by atoms with E-state index in [2.05, 4.69) is 27.6 Å². The Balaban J connectivity index is 1.56. The minimum Gasteiger partial charge on any atom is -0.490 e. The van der Waals surface area contributed by atoms with Gasteiger partial charge in [-0.2, -0.15) is 0 Å². The van der Waals surface area contributed by atoms with Gasteiger partial charge in [0.05, 0.1) is 48.8 Å². The van der Waals surface area contributed by atoms with Crippen LogP contribution in [0.25, 0.3) is 6.08 Å². The second-order valence-corrected chi connectivity index (χ2v) is 13.1. The number of hydrogen-bond acceptors (Lipinski definition) is 11. The zero-order chi connectivity index (χ0) is 35.8. The Morgan fingerprint density at radius 1 is 0.880 bits per heavy atom. The van der Waals surface area contributed by atoms with Gasteiger partial charge in [-0.25, -0.2) is 14.6 Å². The van der Waals surface area contributed by atoms with E-state index >= 15 is 0 Å². The molecule has 0 bridgehead atoms. The second-order valence-electron chi connectivity index (χ2n) is 10.9. The number of carbonyl (C=O) groups is 2. The molecule has 0 saturated carbocycles. The van der Waals surface area contributed by atoms with Crippen LogP contribution in [0, 0.1) is 3.57 Å². The van der Waals surface area contributed by atoms with Crippen LogP contribution in [0.1, 0.15) is 50.4 Å². The SMILES string of the molecule is CCOC(=O)C1=C(C)N=c2s/c(=C\c3ccc(OCc4ccc(I)cc4)c(OCC)c3)c(=O)n2[C@H]1c1ccc(OCC(=O)OC)c(OCC)c1. The number of hydrogen-bond donors (Lipinski definition) is 0. The molecule has 5 rings (SSSR count). The number of allylic oxidation sites excluding steroid dienone is 1. The van der Waals surface area contributed by atoms with Crippen molar-refractivity contribution in [3.8, 4) is 23.0 Å². The van der Waals surface area contributed by atoms with Gasteiger partial charge in [0.15, 0.2) is 34.4 Å². The summed E-state index contributed by atoms with van der Waals surface area (Å²) in [4.78, 5) is 44.5. The number of fused-ring (bicyclic) bond motifs is 1. The largest absolute Gasteiger partial charge is 0.490 e. The molecule has 13 heteroatoms. The van der Waals surface area contributed by atoms with Crippen molar-refractivity contribution in [1.29, 1.82) is 0 Å². The van der Waals surface area contributed by atoms with E-state index in [9.17, 15) is 14.4 Å². The van der Waals surface area contributed by atoms with Crippen molar-refractivity contribution in [2.24, 2.45) is 4.99 Å². The molecule has 1 aliphatic heterocycles. The quantitative estimate of drug-likeness (QED) is 0.123. The molecule has 0 saturated heterocycles. The minimum atomic E-state index is -0.877. The number of halogens is 1. The number of benzene rings is 3. The molecule has 0 N–H and O–H groups in total. The molecule has 0 fully saturated rings. The maximum atomic E-state index is 14.2. The van der Waals surface area contributed by atoms with E-state index in [0.29, 0.717) is 63.4 Å². The number of esters is 2. The van der Waals surface area contributed by atoms with Crippen molar-refractivity contribution in [2.75, 3.05) is 33.5 Å². The van der Waals surface area contributed by atoms with E-state index in [-0.39, 0.29) is 24.3 Å². The van der Waals surface area contributed by atoms with Gasteiger partial charge in [0.2, 0.25) is 0 Å². The van der Waals surface area contributed by atoms with Gasteiger partial charge in [0.25, 0.3) is 5.56 Å². The monoisotopic (exact) mass is 812 g/mol. The Morgan fingerprint density at radius 3 is 2.24 bits per heavy atom. The molecule has 0 unspecified atom stereocenters. The van der Waals surface area contributed by atoms with Gasteiger partial charge in [0, 0.05) is 3.57 Å². The molecule has 1 aliphatic rings. The van der Waals surface area contributed by atoms with Gasteiger partial charge >= 0.3 is 11.9 Å². The van der Waals surface area contributed by atoms with E-state index in [1.165, 1.54) is 23.0 Å². The third-order valence-corrected chi connectivity index (χ3v) is 9.25. The molecule has 1 aromatic heterocycles. The zero-order valence-corrected chi connectivity index (χ0v) is 31.3. The van der Waals surface area contributed by atoms with Crippen LogP contribution in [-0.2, 0) is 25.7 Å². The molecule has 50 heavy (non-hydrogen) atoms. The first-order valence-electron chi connectivity index (χ1n) is 16.0. The summed E-state index contributed by atoms with van der Waals surface area (Å²) in [6, 6.07) is 17.8. The Labute approximate surface area is 306 Å². The first-order valence-corrected chi connectivity index (χ1v) is 17.9. The summed E-state index contributed by atoms with van der Waals surface area (Å²) in [5.74, 6) is 0.645. The van der Waals surface area contributed by atoms with Crippen molar-refractivity contribution < 1.29 is 38.0 Å². The second kappa shape index (κ2) is 16.9. The van der Waals surface area contributed by atoms with Crippen molar-refractivity contribution >= 4 is 51.9 Å². The Hall–Kier alpha value is -4.63. The molecule has 0 spiro atoms. The van der Waals surface area contributed by atoms with E-state index in [1.807, 2.05) is 56.3 Å². The highest BCUT2D eigenvalue weighted by atomic mass is 127. The standard InChI is InChI=1S/C37H37IN2O9S/c1-6-45-29-17-24(11-15-27(29)48-20-23-9-13-26(38)14-10-23)18-31-35(42)40-34(33(36(43)47-8-3)22(4)39-37(40)50-31)25-12-16-28(30(19-25)46-7-2)49-21-32(41)44-5/h9-19,34H,6-8,20-21H2,1-5H3/b31-18-/t34-/m0/s1. The summed E-state index contributed by atoms with van der Waals surface area (Å²) in [6.07, 6.45) is 1.77. The average molecular weight is 813 g/mol. The lowest BCUT2D eigenvalue weighted by Gasteiger charge is -2.25. The van der Waals surface area contributed by atoms with Gasteiger partial charge in [-0.15, -0.1) is 0 Å². The Bertz CT molecular complexity index is 2090. The highest BCUT2D eigenvalue weighted by Crippen LogP contribution is 2.36. The van der Waals surface area contributed by atoms with E-state index in [0.717, 1.165) is 14.7 Å². The zero-order valence-electron chi connectivity index (χ0n) is 28.3. The van der Waals surface area contributed by atoms with Crippen LogP contribution in [0.5, 0.6) is 23.0 Å². The van der Waals surface area contributed by atoms with Crippen LogP contribution in [0.2, 0.25) is 0 Å². The maximum Gasteiger partial charge on any atom is 0.343 e. The number of carbonyl (C=O) groups excluding carboxylic acids is 2.